The van der Waals surface area contributed by atoms with Crippen molar-refractivity contribution in [3.8, 4) is 11.3 Å². The summed E-state index contributed by atoms with van der Waals surface area (Å²) in [7, 11) is 0. The van der Waals surface area contributed by atoms with Gasteiger partial charge in [0.2, 0.25) is 5.91 Å². The summed E-state index contributed by atoms with van der Waals surface area (Å²) in [6.07, 6.45) is 4.28. The van der Waals surface area contributed by atoms with E-state index in [2.05, 4.69) is 22.1 Å². The van der Waals surface area contributed by atoms with Gasteiger partial charge in [-0.3, -0.25) is 4.79 Å². The molecule has 0 fully saturated rings. The van der Waals surface area contributed by atoms with E-state index in [1.54, 1.807) is 6.20 Å². The average molecular weight is 383 g/mol. The van der Waals surface area contributed by atoms with Gasteiger partial charge in [-0.25, -0.2) is 4.98 Å². The molecule has 0 aliphatic heterocycles. The van der Waals surface area contributed by atoms with E-state index in [-0.39, 0.29) is 12.3 Å². The quantitative estimate of drug-likeness (QED) is 0.500. The third kappa shape index (κ3) is 4.96. The molecule has 1 amide bonds. The number of aryl methyl sites for hydroxylation is 1. The van der Waals surface area contributed by atoms with Crippen molar-refractivity contribution >= 4 is 5.91 Å². The summed E-state index contributed by atoms with van der Waals surface area (Å²) in [6.45, 7) is 0.661. The minimum absolute atomic E-state index is 0.197. The zero-order chi connectivity index (χ0) is 19.9. The SMILES string of the molecule is O=C(CCc1ncc(-c2ccccc2)o1)N=c1ccccn1Cc1ccccc1. The summed E-state index contributed by atoms with van der Waals surface area (Å²) in [6, 6.07) is 25.5. The van der Waals surface area contributed by atoms with Gasteiger partial charge in [0.1, 0.15) is 5.49 Å². The molecule has 2 heterocycles. The van der Waals surface area contributed by atoms with Gasteiger partial charge in [0.05, 0.1) is 6.20 Å². The molecule has 2 aromatic heterocycles. The van der Waals surface area contributed by atoms with Crippen molar-refractivity contribution in [1.82, 2.24) is 9.55 Å². The maximum absolute atomic E-state index is 12.4. The number of rotatable bonds is 6. The number of pyridine rings is 1. The molecule has 0 atom stereocenters. The molecule has 144 valence electrons. The Balaban J connectivity index is 1.44. The van der Waals surface area contributed by atoms with Gasteiger partial charge in [0.15, 0.2) is 11.7 Å². The number of nitrogens with zero attached hydrogens (tertiary/aromatic N) is 3. The van der Waals surface area contributed by atoms with Crippen LogP contribution in [0.25, 0.3) is 11.3 Å². The van der Waals surface area contributed by atoms with Gasteiger partial charge >= 0.3 is 0 Å². The number of carbonyl (C=O) groups is 1. The van der Waals surface area contributed by atoms with E-state index in [9.17, 15) is 4.79 Å². The monoisotopic (exact) mass is 383 g/mol. The molecule has 0 radical (unpaired) electrons. The molecule has 2 aromatic carbocycles. The summed E-state index contributed by atoms with van der Waals surface area (Å²) >= 11 is 0. The average Bonchev–Trinajstić information content (AvgIpc) is 3.24. The first-order chi connectivity index (χ1) is 14.3. The van der Waals surface area contributed by atoms with Crippen molar-refractivity contribution in [2.45, 2.75) is 19.4 Å². The molecule has 4 aromatic rings. The van der Waals surface area contributed by atoms with Crippen LogP contribution in [0.15, 0.2) is 101 Å². The van der Waals surface area contributed by atoms with E-state index >= 15 is 0 Å². The number of benzene rings is 2. The molecule has 5 nitrogen and oxygen atoms in total. The molecule has 0 spiro atoms. The van der Waals surface area contributed by atoms with Crippen LogP contribution in [0, 0.1) is 0 Å². The van der Waals surface area contributed by atoms with Crippen molar-refractivity contribution in [1.29, 1.82) is 0 Å². The van der Waals surface area contributed by atoms with Crippen LogP contribution in [0.4, 0.5) is 0 Å². The maximum Gasteiger partial charge on any atom is 0.248 e. The Bertz CT molecular complexity index is 1150. The van der Waals surface area contributed by atoms with E-state index in [0.29, 0.717) is 30.1 Å². The number of carbonyl (C=O) groups excluding carboxylic acids is 1. The lowest BCUT2D eigenvalue weighted by Crippen LogP contribution is -2.22. The molecular weight excluding hydrogens is 362 g/mol. The van der Waals surface area contributed by atoms with Crippen LogP contribution >= 0.6 is 0 Å². The zero-order valence-electron chi connectivity index (χ0n) is 15.9. The Morgan fingerprint density at radius 3 is 2.45 bits per heavy atom. The molecule has 5 heteroatoms. The third-order valence-electron chi connectivity index (χ3n) is 4.52. The van der Waals surface area contributed by atoms with Gasteiger partial charge in [-0.15, -0.1) is 0 Å². The van der Waals surface area contributed by atoms with Crippen LogP contribution in [0.3, 0.4) is 0 Å². The van der Waals surface area contributed by atoms with Gasteiger partial charge in [0, 0.05) is 31.1 Å². The van der Waals surface area contributed by atoms with Crippen LogP contribution < -0.4 is 5.49 Å². The molecule has 0 unspecified atom stereocenters. The van der Waals surface area contributed by atoms with Crippen molar-refractivity contribution < 1.29 is 9.21 Å². The summed E-state index contributed by atoms with van der Waals surface area (Å²) in [4.78, 5) is 21.0. The number of hydrogen-bond donors (Lipinski definition) is 0. The predicted molar refractivity (Wildman–Crippen MR) is 111 cm³/mol. The lowest BCUT2D eigenvalue weighted by Gasteiger charge is -2.07. The Labute approximate surface area is 169 Å². The molecule has 0 aliphatic carbocycles. The number of amides is 1. The second kappa shape index (κ2) is 8.97. The third-order valence-corrected chi connectivity index (χ3v) is 4.52. The van der Waals surface area contributed by atoms with E-state index in [4.69, 9.17) is 4.42 Å². The molecule has 0 aliphatic rings. The fourth-order valence-electron chi connectivity index (χ4n) is 3.04. The first-order valence-corrected chi connectivity index (χ1v) is 9.55. The Kier molecular flexibility index (Phi) is 5.76. The van der Waals surface area contributed by atoms with Gasteiger partial charge in [-0.05, 0) is 17.7 Å². The minimum Gasteiger partial charge on any atom is -0.441 e. The topological polar surface area (TPSA) is 60.4 Å². The number of hydrogen-bond acceptors (Lipinski definition) is 3. The molecule has 0 N–H and O–H groups in total. The Hall–Kier alpha value is -3.73. The van der Waals surface area contributed by atoms with Crippen molar-refractivity contribution in [2.24, 2.45) is 4.99 Å². The van der Waals surface area contributed by atoms with Crippen LogP contribution in [-0.2, 0) is 17.8 Å². The number of aromatic nitrogens is 2. The maximum atomic E-state index is 12.4. The fraction of sp³-hybridized carbons (Fsp3) is 0.125. The lowest BCUT2D eigenvalue weighted by atomic mass is 10.2. The highest BCUT2D eigenvalue weighted by Gasteiger charge is 2.08. The highest BCUT2D eigenvalue weighted by molar-refractivity contribution is 5.76. The first-order valence-electron chi connectivity index (χ1n) is 9.55. The van der Waals surface area contributed by atoms with Crippen LogP contribution in [0.1, 0.15) is 17.9 Å². The second-order valence-electron chi connectivity index (χ2n) is 6.66. The lowest BCUT2D eigenvalue weighted by molar-refractivity contribution is -0.118. The smallest absolute Gasteiger partial charge is 0.248 e. The zero-order valence-corrected chi connectivity index (χ0v) is 15.9. The molecular formula is C24H21N3O2. The normalized spacial score (nSPS) is 11.5. The van der Waals surface area contributed by atoms with Crippen molar-refractivity contribution in [3.63, 3.8) is 0 Å². The van der Waals surface area contributed by atoms with E-state index in [1.165, 1.54) is 0 Å². The number of oxazole rings is 1. The van der Waals surface area contributed by atoms with Crippen molar-refractivity contribution in [2.75, 3.05) is 0 Å². The van der Waals surface area contributed by atoms with Crippen LogP contribution in [0.2, 0.25) is 0 Å². The van der Waals surface area contributed by atoms with Crippen LogP contribution in [-0.4, -0.2) is 15.5 Å². The molecule has 4 rings (SSSR count). The summed E-state index contributed by atoms with van der Waals surface area (Å²) in [5.74, 6) is 1.05. The summed E-state index contributed by atoms with van der Waals surface area (Å²) in [5, 5.41) is 0. The van der Waals surface area contributed by atoms with Gasteiger partial charge in [-0.2, -0.15) is 4.99 Å². The fourth-order valence-corrected chi connectivity index (χ4v) is 3.04. The molecule has 29 heavy (non-hydrogen) atoms. The summed E-state index contributed by atoms with van der Waals surface area (Å²) < 4.78 is 7.73. The summed E-state index contributed by atoms with van der Waals surface area (Å²) in [5.41, 5.74) is 2.76. The van der Waals surface area contributed by atoms with Crippen LogP contribution in [0.5, 0.6) is 0 Å². The van der Waals surface area contributed by atoms with Crippen molar-refractivity contribution in [3.05, 3.63) is 108 Å². The second-order valence-corrected chi connectivity index (χ2v) is 6.66. The van der Waals surface area contributed by atoms with Gasteiger partial charge in [0.25, 0.3) is 0 Å². The molecule has 0 saturated heterocycles. The minimum atomic E-state index is -0.197. The van der Waals surface area contributed by atoms with Gasteiger partial charge in [-0.1, -0.05) is 66.7 Å². The van der Waals surface area contributed by atoms with E-state index in [1.807, 2.05) is 77.5 Å². The first kappa shape index (κ1) is 18.6. The Morgan fingerprint density at radius 1 is 0.931 bits per heavy atom. The molecule has 0 bridgehead atoms. The largest absolute Gasteiger partial charge is 0.441 e. The standard InChI is InChI=1S/C24H21N3O2/c28-23(14-15-24-25-17-21(29-24)20-11-5-2-6-12-20)26-22-13-7-8-16-27(22)18-19-9-3-1-4-10-19/h1-13,16-17H,14-15,18H2. The predicted octanol–water partition coefficient (Wildman–Crippen LogP) is 4.25. The van der Waals surface area contributed by atoms with E-state index < -0.39 is 0 Å². The molecule has 0 saturated carbocycles. The van der Waals surface area contributed by atoms with E-state index in [0.717, 1.165) is 11.1 Å². The Morgan fingerprint density at radius 2 is 1.66 bits per heavy atom. The van der Waals surface area contributed by atoms with Gasteiger partial charge < -0.3 is 8.98 Å². The highest BCUT2D eigenvalue weighted by atomic mass is 16.4. The highest BCUT2D eigenvalue weighted by Crippen LogP contribution is 2.20.